The Morgan fingerprint density at radius 2 is 1.57 bits per heavy atom. The maximum atomic E-state index is 5.52. The van der Waals surface area contributed by atoms with Gasteiger partial charge in [-0.15, -0.1) is 0 Å². The number of ether oxygens (including phenoxy) is 1. The average Bonchev–Trinajstić information content (AvgIpc) is 2.21. The summed E-state index contributed by atoms with van der Waals surface area (Å²) >= 11 is 0. The molecule has 86 valence electrons. The Kier molecular flexibility index (Phi) is 12.8. The normalized spacial score (nSPS) is 10.7. The lowest BCUT2D eigenvalue weighted by atomic mass is 10.2. The van der Waals surface area contributed by atoms with Crippen LogP contribution >= 0.6 is 0 Å². The predicted octanol–water partition coefficient (Wildman–Crippen LogP) is 2.97. The highest BCUT2D eigenvalue weighted by molar-refractivity contribution is 4.45. The van der Waals surface area contributed by atoms with E-state index >= 15 is 0 Å². The van der Waals surface area contributed by atoms with Crippen LogP contribution in [0.1, 0.15) is 52.4 Å². The van der Waals surface area contributed by atoms with Gasteiger partial charge in [-0.1, -0.05) is 33.1 Å². The van der Waals surface area contributed by atoms with Gasteiger partial charge in [0.1, 0.15) is 0 Å². The predicted molar refractivity (Wildman–Crippen MR) is 62.7 cm³/mol. The van der Waals surface area contributed by atoms with Gasteiger partial charge < -0.3 is 10.1 Å². The van der Waals surface area contributed by atoms with Gasteiger partial charge in [0.15, 0.2) is 0 Å². The summed E-state index contributed by atoms with van der Waals surface area (Å²) in [5, 5.41) is 3.37. The first-order valence-electron chi connectivity index (χ1n) is 6.20. The van der Waals surface area contributed by atoms with Crippen molar-refractivity contribution >= 4 is 0 Å². The maximum Gasteiger partial charge on any atom is 0.0478 e. The molecule has 14 heavy (non-hydrogen) atoms. The van der Waals surface area contributed by atoms with E-state index in [1.165, 1.54) is 32.1 Å². The molecule has 0 unspecified atom stereocenters. The highest BCUT2D eigenvalue weighted by Gasteiger charge is 1.90. The molecule has 0 aliphatic rings. The molecule has 0 fully saturated rings. The molecular weight excluding hydrogens is 174 g/mol. The van der Waals surface area contributed by atoms with Crippen molar-refractivity contribution in [2.24, 2.45) is 0 Å². The van der Waals surface area contributed by atoms with Crippen molar-refractivity contribution in [2.75, 3.05) is 26.3 Å². The van der Waals surface area contributed by atoms with Crippen LogP contribution in [-0.2, 0) is 4.74 Å². The molecule has 0 rings (SSSR count). The van der Waals surface area contributed by atoms with E-state index in [1.54, 1.807) is 0 Å². The highest BCUT2D eigenvalue weighted by atomic mass is 16.5. The van der Waals surface area contributed by atoms with E-state index in [9.17, 15) is 0 Å². The van der Waals surface area contributed by atoms with E-state index in [0.29, 0.717) is 0 Å². The third kappa shape index (κ3) is 11.9. The van der Waals surface area contributed by atoms with Crippen LogP contribution in [0, 0.1) is 0 Å². The molecule has 0 aromatic rings. The molecule has 2 heteroatoms. The van der Waals surface area contributed by atoms with E-state index in [2.05, 4.69) is 19.2 Å². The second kappa shape index (κ2) is 12.9. The van der Waals surface area contributed by atoms with Crippen molar-refractivity contribution in [2.45, 2.75) is 52.4 Å². The summed E-state index contributed by atoms with van der Waals surface area (Å²) in [5.74, 6) is 0. The quantitative estimate of drug-likeness (QED) is 0.519. The zero-order valence-corrected chi connectivity index (χ0v) is 9.98. The van der Waals surface area contributed by atoms with Crippen LogP contribution in [0.3, 0.4) is 0 Å². The second-order valence-corrected chi connectivity index (χ2v) is 3.78. The maximum absolute atomic E-state index is 5.52. The third-order valence-electron chi connectivity index (χ3n) is 2.21. The largest absolute Gasteiger partial charge is 0.381 e. The van der Waals surface area contributed by atoms with Gasteiger partial charge in [-0.05, 0) is 32.4 Å². The standard InChI is InChI=1S/C12H27NO/c1-3-5-6-7-11-14-12-8-10-13-9-4-2/h13H,3-12H2,1-2H3. The fourth-order valence-corrected chi connectivity index (χ4v) is 1.33. The molecule has 0 aliphatic heterocycles. The topological polar surface area (TPSA) is 21.3 Å². The lowest BCUT2D eigenvalue weighted by Crippen LogP contribution is -2.17. The van der Waals surface area contributed by atoms with Crippen molar-refractivity contribution < 1.29 is 4.74 Å². The molecule has 0 aromatic carbocycles. The van der Waals surface area contributed by atoms with Crippen molar-refractivity contribution in [3.05, 3.63) is 0 Å². The first-order valence-corrected chi connectivity index (χ1v) is 6.20. The van der Waals surface area contributed by atoms with Crippen LogP contribution in [0.5, 0.6) is 0 Å². The molecule has 0 saturated heterocycles. The summed E-state index contributed by atoms with van der Waals surface area (Å²) in [4.78, 5) is 0. The number of hydrogen-bond acceptors (Lipinski definition) is 2. The van der Waals surface area contributed by atoms with Gasteiger partial charge >= 0.3 is 0 Å². The minimum atomic E-state index is 0.919. The number of rotatable bonds is 11. The summed E-state index contributed by atoms with van der Waals surface area (Å²) in [6.45, 7) is 8.54. The Morgan fingerprint density at radius 3 is 2.29 bits per heavy atom. The molecule has 0 atom stereocenters. The van der Waals surface area contributed by atoms with E-state index in [-0.39, 0.29) is 0 Å². The van der Waals surface area contributed by atoms with Gasteiger partial charge in [0.05, 0.1) is 0 Å². The summed E-state index contributed by atoms with van der Waals surface area (Å²) in [6.07, 6.45) is 7.58. The van der Waals surface area contributed by atoms with E-state index in [1.807, 2.05) is 0 Å². The fraction of sp³-hybridized carbons (Fsp3) is 1.00. The Morgan fingerprint density at radius 1 is 0.786 bits per heavy atom. The fourth-order valence-electron chi connectivity index (χ4n) is 1.33. The zero-order chi connectivity index (χ0) is 10.5. The summed E-state index contributed by atoms with van der Waals surface area (Å²) in [7, 11) is 0. The van der Waals surface area contributed by atoms with Gasteiger partial charge in [0.25, 0.3) is 0 Å². The molecule has 0 heterocycles. The van der Waals surface area contributed by atoms with Crippen LogP contribution in [0.15, 0.2) is 0 Å². The molecule has 0 saturated carbocycles. The van der Waals surface area contributed by atoms with Crippen molar-refractivity contribution in [1.29, 1.82) is 0 Å². The number of nitrogens with one attached hydrogen (secondary N) is 1. The third-order valence-corrected chi connectivity index (χ3v) is 2.21. The molecule has 0 radical (unpaired) electrons. The van der Waals surface area contributed by atoms with Crippen LogP contribution in [0.4, 0.5) is 0 Å². The minimum absolute atomic E-state index is 0.919. The van der Waals surface area contributed by atoms with Gasteiger partial charge in [-0.2, -0.15) is 0 Å². The Hall–Kier alpha value is -0.0800. The van der Waals surface area contributed by atoms with Gasteiger partial charge in [-0.3, -0.25) is 0 Å². The van der Waals surface area contributed by atoms with E-state index in [0.717, 1.165) is 32.7 Å². The minimum Gasteiger partial charge on any atom is -0.381 e. The Bertz CT molecular complexity index is 84.3. The number of hydrogen-bond donors (Lipinski definition) is 1. The summed E-state index contributed by atoms with van der Waals surface area (Å²) < 4.78 is 5.52. The summed E-state index contributed by atoms with van der Waals surface area (Å²) in [6, 6.07) is 0. The average molecular weight is 201 g/mol. The molecule has 0 amide bonds. The molecule has 1 N–H and O–H groups in total. The van der Waals surface area contributed by atoms with Crippen LogP contribution in [0.2, 0.25) is 0 Å². The smallest absolute Gasteiger partial charge is 0.0478 e. The van der Waals surface area contributed by atoms with Crippen LogP contribution < -0.4 is 5.32 Å². The molecule has 2 nitrogen and oxygen atoms in total. The zero-order valence-electron chi connectivity index (χ0n) is 9.98. The van der Waals surface area contributed by atoms with Crippen molar-refractivity contribution in [1.82, 2.24) is 5.32 Å². The van der Waals surface area contributed by atoms with E-state index < -0.39 is 0 Å². The van der Waals surface area contributed by atoms with E-state index in [4.69, 9.17) is 4.74 Å². The lowest BCUT2D eigenvalue weighted by Gasteiger charge is -2.04. The highest BCUT2D eigenvalue weighted by Crippen LogP contribution is 1.98. The first-order chi connectivity index (χ1) is 6.91. The lowest BCUT2D eigenvalue weighted by molar-refractivity contribution is 0.127. The number of unbranched alkanes of at least 4 members (excludes halogenated alkanes) is 3. The molecule has 0 aromatic heterocycles. The first kappa shape index (κ1) is 13.9. The van der Waals surface area contributed by atoms with Gasteiger partial charge in [0.2, 0.25) is 0 Å². The van der Waals surface area contributed by atoms with Crippen molar-refractivity contribution in [3.8, 4) is 0 Å². The monoisotopic (exact) mass is 201 g/mol. The van der Waals surface area contributed by atoms with Crippen molar-refractivity contribution in [3.63, 3.8) is 0 Å². The Balaban J connectivity index is 2.78. The molecule has 0 aliphatic carbocycles. The molecule has 0 spiro atoms. The molecular formula is C12H27NO. The van der Waals surface area contributed by atoms with Crippen LogP contribution in [0.25, 0.3) is 0 Å². The van der Waals surface area contributed by atoms with Gasteiger partial charge in [-0.25, -0.2) is 0 Å². The molecule has 0 bridgehead atoms. The van der Waals surface area contributed by atoms with Gasteiger partial charge in [0, 0.05) is 13.2 Å². The van der Waals surface area contributed by atoms with Crippen LogP contribution in [-0.4, -0.2) is 26.3 Å². The Labute approximate surface area is 89.4 Å². The summed E-state index contributed by atoms with van der Waals surface area (Å²) in [5.41, 5.74) is 0. The SMILES string of the molecule is CCCCCCOCCCNCCC. The second-order valence-electron chi connectivity index (χ2n) is 3.78.